The van der Waals surface area contributed by atoms with Crippen molar-refractivity contribution in [3.8, 4) is 0 Å². The van der Waals surface area contributed by atoms with E-state index in [1.807, 2.05) is 56.3 Å². The summed E-state index contributed by atoms with van der Waals surface area (Å²) in [6.07, 6.45) is 0. The van der Waals surface area contributed by atoms with Gasteiger partial charge in [0.1, 0.15) is 0 Å². The molecule has 0 aliphatic carbocycles. The number of para-hydroxylation sites is 1. The fourth-order valence-corrected chi connectivity index (χ4v) is 4.65. The maximum atomic E-state index is 13.2. The van der Waals surface area contributed by atoms with Crippen LogP contribution in [0.5, 0.6) is 0 Å². The van der Waals surface area contributed by atoms with Gasteiger partial charge < -0.3 is 4.90 Å². The molecule has 0 N–H and O–H groups in total. The first kappa shape index (κ1) is 17.0. The van der Waals surface area contributed by atoms with Crippen LogP contribution in [0.1, 0.15) is 16.7 Å². The Kier molecular flexibility index (Phi) is 3.97. The lowest BCUT2D eigenvalue weighted by molar-refractivity contribution is -0.115. The Hall–Kier alpha value is -2.44. The Morgan fingerprint density at radius 1 is 0.923 bits per heavy atom. The van der Waals surface area contributed by atoms with Crippen molar-refractivity contribution in [2.45, 2.75) is 13.8 Å². The van der Waals surface area contributed by atoms with Crippen molar-refractivity contribution >= 4 is 57.1 Å². The number of likely N-dealkylation sites (N-methyl/N-ethyl adjacent to an activating group) is 1. The standard InChI is InChI=1S/C20H16N2O2S2/c1-11-7-6-10-14(12(11)2)22-19(24)17(26-20(22)25)16-13-8-4-5-9-15(13)21(3)18(16)23/h4-10H,1-3H3/b17-16+. The van der Waals surface area contributed by atoms with E-state index in [-0.39, 0.29) is 11.8 Å². The minimum absolute atomic E-state index is 0.173. The number of hydrogen-bond donors (Lipinski definition) is 0. The SMILES string of the molecule is Cc1cccc(N2C(=O)/C(=C3\C(=O)N(C)c4ccccc43)SC2=S)c1C. The topological polar surface area (TPSA) is 40.6 Å². The lowest BCUT2D eigenvalue weighted by Crippen LogP contribution is -2.29. The van der Waals surface area contributed by atoms with Crippen molar-refractivity contribution in [3.05, 3.63) is 64.1 Å². The Morgan fingerprint density at radius 3 is 2.38 bits per heavy atom. The molecular weight excluding hydrogens is 364 g/mol. The molecule has 2 aliphatic heterocycles. The molecule has 1 saturated heterocycles. The number of rotatable bonds is 1. The van der Waals surface area contributed by atoms with Crippen molar-refractivity contribution in [1.82, 2.24) is 0 Å². The normalized spacial score (nSPS) is 19.6. The number of carbonyl (C=O) groups is 2. The maximum Gasteiger partial charge on any atom is 0.271 e. The zero-order chi connectivity index (χ0) is 18.6. The van der Waals surface area contributed by atoms with Gasteiger partial charge in [0, 0.05) is 12.6 Å². The number of anilines is 2. The summed E-state index contributed by atoms with van der Waals surface area (Å²) in [5.41, 5.74) is 4.89. The Morgan fingerprint density at radius 2 is 1.62 bits per heavy atom. The third kappa shape index (κ3) is 2.33. The molecular formula is C20H16N2O2S2. The molecule has 1 fully saturated rings. The van der Waals surface area contributed by atoms with Crippen LogP contribution in [0.25, 0.3) is 5.57 Å². The number of amides is 2. The van der Waals surface area contributed by atoms with Gasteiger partial charge in [-0.05, 0) is 37.1 Å². The van der Waals surface area contributed by atoms with Crippen LogP contribution in [0.2, 0.25) is 0 Å². The molecule has 2 heterocycles. The molecule has 6 heteroatoms. The molecule has 0 unspecified atom stereocenters. The van der Waals surface area contributed by atoms with Gasteiger partial charge in [-0.2, -0.15) is 0 Å². The van der Waals surface area contributed by atoms with Gasteiger partial charge in [-0.1, -0.05) is 54.3 Å². The molecule has 2 amide bonds. The van der Waals surface area contributed by atoms with E-state index in [9.17, 15) is 9.59 Å². The summed E-state index contributed by atoms with van der Waals surface area (Å²) < 4.78 is 0.450. The van der Waals surface area contributed by atoms with E-state index in [4.69, 9.17) is 12.2 Å². The van der Waals surface area contributed by atoms with Crippen molar-refractivity contribution < 1.29 is 9.59 Å². The van der Waals surface area contributed by atoms with Gasteiger partial charge in [-0.3, -0.25) is 14.5 Å². The van der Waals surface area contributed by atoms with Crippen LogP contribution in [0.4, 0.5) is 11.4 Å². The minimum atomic E-state index is -0.234. The zero-order valence-corrected chi connectivity index (χ0v) is 16.2. The summed E-state index contributed by atoms with van der Waals surface area (Å²) in [5.74, 6) is -0.408. The number of hydrogen-bond acceptors (Lipinski definition) is 4. The van der Waals surface area contributed by atoms with Crippen molar-refractivity contribution in [2.24, 2.45) is 0 Å². The third-order valence-electron chi connectivity index (χ3n) is 4.87. The summed E-state index contributed by atoms with van der Waals surface area (Å²) in [6, 6.07) is 13.3. The van der Waals surface area contributed by atoms with E-state index < -0.39 is 0 Å². The number of fused-ring (bicyclic) bond motifs is 1. The van der Waals surface area contributed by atoms with Gasteiger partial charge >= 0.3 is 0 Å². The highest BCUT2D eigenvalue weighted by Crippen LogP contribution is 2.45. The summed E-state index contributed by atoms with van der Waals surface area (Å²) in [6.45, 7) is 3.97. The van der Waals surface area contributed by atoms with Crippen LogP contribution in [-0.4, -0.2) is 23.2 Å². The largest absolute Gasteiger partial charge is 0.311 e. The quantitative estimate of drug-likeness (QED) is 0.553. The molecule has 2 aliphatic rings. The number of aryl methyl sites for hydroxylation is 1. The van der Waals surface area contributed by atoms with Gasteiger partial charge in [0.05, 0.1) is 21.9 Å². The van der Waals surface area contributed by atoms with Crippen LogP contribution < -0.4 is 9.80 Å². The van der Waals surface area contributed by atoms with Crippen molar-refractivity contribution in [2.75, 3.05) is 16.8 Å². The summed E-state index contributed by atoms with van der Waals surface area (Å²) >= 11 is 6.69. The average molecular weight is 380 g/mol. The molecule has 4 nitrogen and oxygen atoms in total. The van der Waals surface area contributed by atoms with Crippen LogP contribution in [0, 0.1) is 13.8 Å². The molecule has 2 aromatic carbocycles. The van der Waals surface area contributed by atoms with E-state index in [0.29, 0.717) is 14.8 Å². The molecule has 0 atom stereocenters. The number of nitrogens with zero attached hydrogens (tertiary/aromatic N) is 2. The third-order valence-corrected chi connectivity index (χ3v) is 6.24. The smallest absolute Gasteiger partial charge is 0.271 e. The fraction of sp³-hybridized carbons (Fsp3) is 0.150. The van der Waals surface area contributed by atoms with Gasteiger partial charge in [-0.25, -0.2) is 0 Å². The number of thioether (sulfide) groups is 1. The maximum absolute atomic E-state index is 13.2. The molecule has 0 saturated carbocycles. The van der Waals surface area contributed by atoms with E-state index in [1.165, 1.54) is 11.8 Å². The second-order valence-electron chi connectivity index (χ2n) is 6.31. The number of benzene rings is 2. The Balaban J connectivity index is 1.87. The highest BCUT2D eigenvalue weighted by atomic mass is 32.2. The van der Waals surface area contributed by atoms with E-state index in [2.05, 4.69) is 0 Å². The van der Waals surface area contributed by atoms with Gasteiger partial charge in [-0.15, -0.1) is 0 Å². The molecule has 0 bridgehead atoms. The highest BCUT2D eigenvalue weighted by Gasteiger charge is 2.41. The molecule has 0 aromatic heterocycles. The molecule has 130 valence electrons. The minimum Gasteiger partial charge on any atom is -0.311 e. The summed E-state index contributed by atoms with van der Waals surface area (Å²) in [4.78, 5) is 29.5. The molecule has 0 radical (unpaired) electrons. The van der Waals surface area contributed by atoms with E-state index in [1.54, 1.807) is 16.8 Å². The first-order chi connectivity index (χ1) is 12.4. The molecule has 2 aromatic rings. The van der Waals surface area contributed by atoms with Crippen LogP contribution in [0.3, 0.4) is 0 Å². The Labute approximate surface area is 161 Å². The monoisotopic (exact) mass is 380 g/mol. The predicted molar refractivity (Wildman–Crippen MR) is 110 cm³/mol. The van der Waals surface area contributed by atoms with Crippen LogP contribution in [-0.2, 0) is 9.59 Å². The molecule has 26 heavy (non-hydrogen) atoms. The first-order valence-corrected chi connectivity index (χ1v) is 9.38. The fourth-order valence-electron chi connectivity index (χ4n) is 3.29. The molecule has 0 spiro atoms. The van der Waals surface area contributed by atoms with Gasteiger partial charge in [0.25, 0.3) is 11.8 Å². The van der Waals surface area contributed by atoms with Gasteiger partial charge in [0.15, 0.2) is 4.32 Å². The first-order valence-electron chi connectivity index (χ1n) is 8.16. The average Bonchev–Trinajstić information content (AvgIpc) is 3.05. The number of carbonyl (C=O) groups excluding carboxylic acids is 2. The highest BCUT2D eigenvalue weighted by molar-refractivity contribution is 8.27. The zero-order valence-electron chi connectivity index (χ0n) is 14.6. The van der Waals surface area contributed by atoms with E-state index >= 15 is 0 Å². The van der Waals surface area contributed by atoms with Gasteiger partial charge in [0.2, 0.25) is 0 Å². The lowest BCUT2D eigenvalue weighted by Gasteiger charge is -2.18. The lowest BCUT2D eigenvalue weighted by atomic mass is 10.1. The van der Waals surface area contributed by atoms with Crippen LogP contribution in [0.15, 0.2) is 47.4 Å². The number of thiocarbonyl (C=S) groups is 1. The molecule has 4 rings (SSSR count). The van der Waals surface area contributed by atoms with Crippen molar-refractivity contribution in [3.63, 3.8) is 0 Å². The second kappa shape index (κ2) is 6.07. The van der Waals surface area contributed by atoms with Crippen molar-refractivity contribution in [1.29, 1.82) is 0 Å². The second-order valence-corrected chi connectivity index (χ2v) is 7.96. The Bertz CT molecular complexity index is 1030. The summed E-state index contributed by atoms with van der Waals surface area (Å²) in [7, 11) is 1.72. The predicted octanol–water partition coefficient (Wildman–Crippen LogP) is 4.06. The van der Waals surface area contributed by atoms with E-state index in [0.717, 1.165) is 28.1 Å². The van der Waals surface area contributed by atoms with Crippen LogP contribution >= 0.6 is 24.0 Å². The summed E-state index contributed by atoms with van der Waals surface area (Å²) in [5, 5.41) is 0.